The van der Waals surface area contributed by atoms with Gasteiger partial charge in [0.2, 0.25) is 0 Å². The molecular formula is C15H15ClN2O. The van der Waals surface area contributed by atoms with E-state index in [2.05, 4.69) is 16.4 Å². The van der Waals surface area contributed by atoms with Crippen LogP contribution in [0.25, 0.3) is 0 Å². The topological polar surface area (TPSA) is 42.0 Å². The average molecular weight is 275 g/mol. The van der Waals surface area contributed by atoms with Crippen molar-refractivity contribution in [1.29, 1.82) is 0 Å². The zero-order chi connectivity index (χ0) is 14.0. The number of hydrogen-bond donors (Lipinski definition) is 1. The van der Waals surface area contributed by atoms with E-state index in [0.29, 0.717) is 10.6 Å². The van der Waals surface area contributed by atoms with Gasteiger partial charge in [0.15, 0.2) is 0 Å². The minimum absolute atomic E-state index is 0.248. The van der Waals surface area contributed by atoms with Gasteiger partial charge in [0.05, 0.1) is 10.6 Å². The van der Waals surface area contributed by atoms with Gasteiger partial charge >= 0.3 is 0 Å². The number of anilines is 1. The van der Waals surface area contributed by atoms with Gasteiger partial charge in [-0.3, -0.25) is 9.78 Å². The number of carbonyl (C=O) groups is 1. The summed E-state index contributed by atoms with van der Waals surface area (Å²) >= 11 is 6.05. The maximum atomic E-state index is 12.1. The lowest BCUT2D eigenvalue weighted by Crippen LogP contribution is -2.13. The molecule has 0 radical (unpaired) electrons. The summed E-state index contributed by atoms with van der Waals surface area (Å²) in [5.74, 6) is -0.248. The number of rotatable bonds is 2. The Labute approximate surface area is 117 Å². The zero-order valence-electron chi connectivity index (χ0n) is 11.1. The maximum absolute atomic E-state index is 12.1. The Morgan fingerprint density at radius 1 is 1.11 bits per heavy atom. The summed E-state index contributed by atoms with van der Waals surface area (Å²) in [6, 6.07) is 7.56. The van der Waals surface area contributed by atoms with Crippen molar-refractivity contribution in [3.63, 3.8) is 0 Å². The lowest BCUT2D eigenvalue weighted by Gasteiger charge is -2.08. The van der Waals surface area contributed by atoms with Crippen LogP contribution in [0.5, 0.6) is 0 Å². The van der Waals surface area contributed by atoms with Gasteiger partial charge in [-0.05, 0) is 50.1 Å². The number of pyridine rings is 1. The Bertz CT molecular complexity index is 618. The van der Waals surface area contributed by atoms with E-state index >= 15 is 0 Å². The van der Waals surface area contributed by atoms with Crippen LogP contribution in [0.15, 0.2) is 30.5 Å². The number of aryl methyl sites for hydroxylation is 3. The molecule has 2 aromatic rings. The van der Waals surface area contributed by atoms with Gasteiger partial charge in [0, 0.05) is 17.6 Å². The van der Waals surface area contributed by atoms with Gasteiger partial charge < -0.3 is 5.32 Å². The first-order valence-corrected chi connectivity index (χ1v) is 6.35. The van der Waals surface area contributed by atoms with Crippen molar-refractivity contribution in [2.45, 2.75) is 20.8 Å². The Morgan fingerprint density at radius 2 is 1.74 bits per heavy atom. The van der Waals surface area contributed by atoms with Crippen molar-refractivity contribution in [3.8, 4) is 0 Å². The van der Waals surface area contributed by atoms with Crippen molar-refractivity contribution in [1.82, 2.24) is 4.98 Å². The van der Waals surface area contributed by atoms with Crippen LogP contribution in [-0.2, 0) is 0 Å². The van der Waals surface area contributed by atoms with Gasteiger partial charge in [0.1, 0.15) is 0 Å². The Kier molecular flexibility index (Phi) is 3.86. The van der Waals surface area contributed by atoms with Crippen LogP contribution < -0.4 is 5.32 Å². The molecule has 0 fully saturated rings. The van der Waals surface area contributed by atoms with Gasteiger partial charge in [-0.2, -0.15) is 0 Å². The van der Waals surface area contributed by atoms with E-state index in [-0.39, 0.29) is 5.91 Å². The first-order chi connectivity index (χ1) is 8.95. The molecule has 98 valence electrons. The molecule has 0 aliphatic carbocycles. The van der Waals surface area contributed by atoms with E-state index in [1.165, 1.54) is 6.20 Å². The highest BCUT2D eigenvalue weighted by atomic mass is 35.5. The van der Waals surface area contributed by atoms with Crippen LogP contribution in [0.1, 0.15) is 27.2 Å². The third-order valence-corrected chi connectivity index (χ3v) is 3.03. The normalized spacial score (nSPS) is 10.3. The summed E-state index contributed by atoms with van der Waals surface area (Å²) < 4.78 is 0. The third-order valence-electron chi connectivity index (χ3n) is 2.71. The smallest absolute Gasteiger partial charge is 0.258 e. The summed E-state index contributed by atoms with van der Waals surface area (Å²) in [5.41, 5.74) is 4.13. The maximum Gasteiger partial charge on any atom is 0.258 e. The van der Waals surface area contributed by atoms with Crippen molar-refractivity contribution >= 4 is 23.2 Å². The number of nitrogens with one attached hydrogen (secondary N) is 1. The number of carbonyl (C=O) groups excluding carboxylic acids is 1. The van der Waals surface area contributed by atoms with E-state index in [1.807, 2.05) is 32.9 Å². The minimum Gasteiger partial charge on any atom is -0.322 e. The molecule has 0 saturated carbocycles. The predicted octanol–water partition coefficient (Wildman–Crippen LogP) is 3.91. The number of benzene rings is 1. The summed E-state index contributed by atoms with van der Waals surface area (Å²) in [7, 11) is 0. The fourth-order valence-corrected chi connectivity index (χ4v) is 2.23. The Morgan fingerprint density at radius 3 is 2.32 bits per heavy atom. The third kappa shape index (κ3) is 3.32. The standard InChI is InChI=1S/C15H15ClN2O/c1-9-4-10(2)6-12(5-9)18-15(19)13-8-17-11(3)7-14(13)16/h4-8H,1-3H3,(H,18,19). The first kappa shape index (κ1) is 13.6. The first-order valence-electron chi connectivity index (χ1n) is 5.97. The lowest BCUT2D eigenvalue weighted by molar-refractivity contribution is 0.102. The number of hydrogen-bond acceptors (Lipinski definition) is 2. The molecular weight excluding hydrogens is 260 g/mol. The van der Waals surface area contributed by atoms with Crippen LogP contribution in [0, 0.1) is 20.8 Å². The highest BCUT2D eigenvalue weighted by Crippen LogP contribution is 2.19. The van der Waals surface area contributed by atoms with E-state index in [4.69, 9.17) is 11.6 Å². The van der Waals surface area contributed by atoms with Crippen molar-refractivity contribution < 1.29 is 4.79 Å². The summed E-state index contributed by atoms with van der Waals surface area (Å²) in [6.45, 7) is 5.81. The number of halogens is 1. The quantitative estimate of drug-likeness (QED) is 0.902. The van der Waals surface area contributed by atoms with E-state index < -0.39 is 0 Å². The molecule has 1 heterocycles. The minimum atomic E-state index is -0.248. The molecule has 1 aromatic heterocycles. The monoisotopic (exact) mass is 274 g/mol. The predicted molar refractivity (Wildman–Crippen MR) is 77.9 cm³/mol. The molecule has 0 saturated heterocycles. The molecule has 4 heteroatoms. The number of nitrogens with zero attached hydrogens (tertiary/aromatic N) is 1. The molecule has 1 N–H and O–H groups in total. The average Bonchev–Trinajstić information content (AvgIpc) is 2.26. The van der Waals surface area contributed by atoms with E-state index in [0.717, 1.165) is 22.5 Å². The summed E-state index contributed by atoms with van der Waals surface area (Å²) in [5, 5.41) is 3.25. The molecule has 0 unspecified atom stereocenters. The molecule has 0 aliphatic rings. The van der Waals surface area contributed by atoms with Gasteiger partial charge in [-0.1, -0.05) is 17.7 Å². The Balaban J connectivity index is 2.25. The van der Waals surface area contributed by atoms with Crippen molar-refractivity contribution in [2.24, 2.45) is 0 Å². The molecule has 3 nitrogen and oxygen atoms in total. The molecule has 0 spiro atoms. The van der Waals surface area contributed by atoms with Crippen LogP contribution in [0.3, 0.4) is 0 Å². The van der Waals surface area contributed by atoms with Crippen LogP contribution >= 0.6 is 11.6 Å². The molecule has 0 atom stereocenters. The molecule has 0 aliphatic heterocycles. The molecule has 0 bridgehead atoms. The lowest BCUT2D eigenvalue weighted by atomic mass is 10.1. The van der Waals surface area contributed by atoms with Crippen molar-refractivity contribution in [3.05, 3.63) is 57.9 Å². The van der Waals surface area contributed by atoms with E-state index in [9.17, 15) is 4.79 Å². The van der Waals surface area contributed by atoms with Crippen LogP contribution in [-0.4, -0.2) is 10.9 Å². The number of aromatic nitrogens is 1. The summed E-state index contributed by atoms with van der Waals surface area (Å²) in [6.07, 6.45) is 1.50. The van der Waals surface area contributed by atoms with E-state index in [1.54, 1.807) is 6.07 Å². The second kappa shape index (κ2) is 5.41. The molecule has 1 aromatic carbocycles. The fraction of sp³-hybridized carbons (Fsp3) is 0.200. The fourth-order valence-electron chi connectivity index (χ4n) is 1.94. The van der Waals surface area contributed by atoms with Gasteiger partial charge in [0.25, 0.3) is 5.91 Å². The largest absolute Gasteiger partial charge is 0.322 e. The second-order valence-corrected chi connectivity index (χ2v) is 5.04. The SMILES string of the molecule is Cc1cc(C)cc(NC(=O)c2cnc(C)cc2Cl)c1. The number of amides is 1. The highest BCUT2D eigenvalue weighted by molar-refractivity contribution is 6.34. The molecule has 1 amide bonds. The van der Waals surface area contributed by atoms with Gasteiger partial charge in [-0.25, -0.2) is 0 Å². The Hall–Kier alpha value is -1.87. The second-order valence-electron chi connectivity index (χ2n) is 4.64. The molecule has 19 heavy (non-hydrogen) atoms. The van der Waals surface area contributed by atoms with Crippen LogP contribution in [0.2, 0.25) is 5.02 Å². The molecule has 2 rings (SSSR count). The van der Waals surface area contributed by atoms with Crippen LogP contribution in [0.4, 0.5) is 5.69 Å². The summed E-state index contributed by atoms with van der Waals surface area (Å²) in [4.78, 5) is 16.2. The van der Waals surface area contributed by atoms with Gasteiger partial charge in [-0.15, -0.1) is 0 Å². The highest BCUT2D eigenvalue weighted by Gasteiger charge is 2.11. The van der Waals surface area contributed by atoms with Crippen molar-refractivity contribution in [2.75, 3.05) is 5.32 Å². The zero-order valence-corrected chi connectivity index (χ0v) is 11.9.